The molecule has 0 atom stereocenters. The smallest absolute Gasteiger partial charge is 0.258 e. The summed E-state index contributed by atoms with van der Waals surface area (Å²) in [5, 5.41) is 3.84. The Kier molecular flexibility index (Phi) is 3.85. The standard InChI is InChI=1S/C12H15N3O2/c1-16-8-11-14-12(17-15-11)10-5-3-2-4-9(10)6-7-13/h2-5H,6-8,13H2,1H3. The largest absolute Gasteiger partial charge is 0.377 e. The van der Waals surface area contributed by atoms with E-state index in [4.69, 9.17) is 15.0 Å². The van der Waals surface area contributed by atoms with Crippen molar-refractivity contribution in [1.82, 2.24) is 10.1 Å². The number of ether oxygens (including phenoxy) is 1. The Bertz CT molecular complexity index is 482. The highest BCUT2D eigenvalue weighted by Crippen LogP contribution is 2.22. The first kappa shape index (κ1) is 11.8. The molecule has 0 saturated carbocycles. The van der Waals surface area contributed by atoms with E-state index in [1.807, 2.05) is 24.3 Å². The number of nitrogens with two attached hydrogens (primary N) is 1. The quantitative estimate of drug-likeness (QED) is 0.844. The third-order valence-corrected chi connectivity index (χ3v) is 2.40. The van der Waals surface area contributed by atoms with Gasteiger partial charge in [0, 0.05) is 12.7 Å². The third kappa shape index (κ3) is 2.69. The van der Waals surface area contributed by atoms with Gasteiger partial charge < -0.3 is 15.0 Å². The zero-order valence-electron chi connectivity index (χ0n) is 9.72. The fourth-order valence-corrected chi connectivity index (χ4v) is 1.65. The van der Waals surface area contributed by atoms with Gasteiger partial charge in [-0.3, -0.25) is 0 Å². The molecule has 0 amide bonds. The summed E-state index contributed by atoms with van der Waals surface area (Å²) in [5.74, 6) is 1.06. The van der Waals surface area contributed by atoms with Gasteiger partial charge in [0.25, 0.3) is 5.89 Å². The Balaban J connectivity index is 2.31. The molecule has 1 aromatic carbocycles. The molecule has 0 unspecified atom stereocenters. The molecule has 0 aliphatic carbocycles. The van der Waals surface area contributed by atoms with Crippen LogP contribution in [-0.4, -0.2) is 23.8 Å². The molecule has 90 valence electrons. The zero-order chi connectivity index (χ0) is 12.1. The van der Waals surface area contributed by atoms with E-state index < -0.39 is 0 Å². The second-order valence-electron chi connectivity index (χ2n) is 3.64. The van der Waals surface area contributed by atoms with Crippen molar-refractivity contribution >= 4 is 0 Å². The second-order valence-corrected chi connectivity index (χ2v) is 3.64. The molecule has 0 aliphatic heterocycles. The van der Waals surface area contributed by atoms with E-state index in [0.29, 0.717) is 24.9 Å². The third-order valence-electron chi connectivity index (χ3n) is 2.40. The van der Waals surface area contributed by atoms with Crippen LogP contribution in [0.2, 0.25) is 0 Å². The van der Waals surface area contributed by atoms with Crippen LogP contribution in [-0.2, 0) is 17.8 Å². The van der Waals surface area contributed by atoms with Crippen LogP contribution < -0.4 is 5.73 Å². The predicted octanol–water partition coefficient (Wildman–Crippen LogP) is 1.38. The summed E-state index contributed by atoms with van der Waals surface area (Å²) in [7, 11) is 1.60. The van der Waals surface area contributed by atoms with Crippen molar-refractivity contribution in [3.8, 4) is 11.5 Å². The van der Waals surface area contributed by atoms with Gasteiger partial charge in [-0.05, 0) is 24.6 Å². The van der Waals surface area contributed by atoms with Crippen molar-refractivity contribution in [2.45, 2.75) is 13.0 Å². The van der Waals surface area contributed by atoms with Gasteiger partial charge in [-0.2, -0.15) is 4.98 Å². The van der Waals surface area contributed by atoms with Crippen molar-refractivity contribution in [2.75, 3.05) is 13.7 Å². The fourth-order valence-electron chi connectivity index (χ4n) is 1.65. The molecular weight excluding hydrogens is 218 g/mol. The van der Waals surface area contributed by atoms with E-state index >= 15 is 0 Å². The molecule has 0 bridgehead atoms. The number of methoxy groups -OCH3 is 1. The SMILES string of the molecule is COCc1noc(-c2ccccc2CCN)n1. The Morgan fingerprint density at radius 2 is 2.18 bits per heavy atom. The molecule has 2 aromatic rings. The minimum Gasteiger partial charge on any atom is -0.377 e. The maximum absolute atomic E-state index is 5.57. The lowest BCUT2D eigenvalue weighted by Gasteiger charge is -2.03. The van der Waals surface area contributed by atoms with Crippen LogP contribution in [0.4, 0.5) is 0 Å². The van der Waals surface area contributed by atoms with Crippen LogP contribution >= 0.6 is 0 Å². The molecule has 0 radical (unpaired) electrons. The van der Waals surface area contributed by atoms with E-state index in [2.05, 4.69) is 10.1 Å². The Hall–Kier alpha value is -1.72. The highest BCUT2D eigenvalue weighted by atomic mass is 16.5. The molecule has 0 fully saturated rings. The summed E-state index contributed by atoms with van der Waals surface area (Å²) in [5.41, 5.74) is 7.63. The molecular formula is C12H15N3O2. The van der Waals surface area contributed by atoms with Gasteiger partial charge in [0.2, 0.25) is 0 Å². The van der Waals surface area contributed by atoms with E-state index in [1.165, 1.54) is 0 Å². The lowest BCUT2D eigenvalue weighted by molar-refractivity contribution is 0.174. The topological polar surface area (TPSA) is 74.2 Å². The van der Waals surface area contributed by atoms with Gasteiger partial charge >= 0.3 is 0 Å². The van der Waals surface area contributed by atoms with Crippen molar-refractivity contribution in [2.24, 2.45) is 5.73 Å². The average Bonchev–Trinajstić information content (AvgIpc) is 2.79. The maximum atomic E-state index is 5.57. The van der Waals surface area contributed by atoms with Crippen molar-refractivity contribution < 1.29 is 9.26 Å². The summed E-state index contributed by atoms with van der Waals surface area (Å²) in [6, 6.07) is 7.88. The number of rotatable bonds is 5. The van der Waals surface area contributed by atoms with Crippen molar-refractivity contribution in [3.63, 3.8) is 0 Å². The normalized spacial score (nSPS) is 10.7. The first-order valence-electron chi connectivity index (χ1n) is 5.45. The molecule has 5 nitrogen and oxygen atoms in total. The molecule has 1 aromatic heterocycles. The fraction of sp³-hybridized carbons (Fsp3) is 0.333. The number of hydrogen-bond donors (Lipinski definition) is 1. The zero-order valence-corrected chi connectivity index (χ0v) is 9.72. The van der Waals surface area contributed by atoms with Gasteiger partial charge in [-0.25, -0.2) is 0 Å². The first-order chi connectivity index (χ1) is 8.35. The van der Waals surface area contributed by atoms with Crippen LogP contribution in [0.3, 0.4) is 0 Å². The molecule has 5 heteroatoms. The summed E-state index contributed by atoms with van der Waals surface area (Å²) < 4.78 is 10.2. The van der Waals surface area contributed by atoms with Crippen LogP contribution in [0, 0.1) is 0 Å². The summed E-state index contributed by atoms with van der Waals surface area (Å²) in [4.78, 5) is 4.27. The van der Waals surface area contributed by atoms with Crippen LogP contribution in [0.5, 0.6) is 0 Å². The molecule has 2 rings (SSSR count). The Morgan fingerprint density at radius 1 is 1.35 bits per heavy atom. The van der Waals surface area contributed by atoms with Crippen LogP contribution in [0.25, 0.3) is 11.5 Å². The highest BCUT2D eigenvalue weighted by molar-refractivity contribution is 5.58. The van der Waals surface area contributed by atoms with Crippen LogP contribution in [0.15, 0.2) is 28.8 Å². The summed E-state index contributed by atoms with van der Waals surface area (Å²) in [6.45, 7) is 0.943. The summed E-state index contributed by atoms with van der Waals surface area (Å²) in [6.07, 6.45) is 0.790. The minimum atomic E-state index is 0.350. The monoisotopic (exact) mass is 233 g/mol. The van der Waals surface area contributed by atoms with E-state index in [9.17, 15) is 0 Å². The van der Waals surface area contributed by atoms with Crippen molar-refractivity contribution in [1.29, 1.82) is 0 Å². The van der Waals surface area contributed by atoms with Gasteiger partial charge in [-0.1, -0.05) is 23.4 Å². The van der Waals surface area contributed by atoms with Gasteiger partial charge in [0.05, 0.1) is 0 Å². The van der Waals surface area contributed by atoms with Gasteiger partial charge in [0.15, 0.2) is 5.82 Å². The van der Waals surface area contributed by atoms with E-state index in [1.54, 1.807) is 7.11 Å². The lowest BCUT2D eigenvalue weighted by Crippen LogP contribution is -2.03. The molecule has 1 heterocycles. The van der Waals surface area contributed by atoms with E-state index in [0.717, 1.165) is 17.5 Å². The first-order valence-corrected chi connectivity index (χ1v) is 5.45. The molecule has 0 aliphatic rings. The predicted molar refractivity (Wildman–Crippen MR) is 63.2 cm³/mol. The number of hydrogen-bond acceptors (Lipinski definition) is 5. The number of nitrogens with zero attached hydrogens (tertiary/aromatic N) is 2. The number of aromatic nitrogens is 2. The van der Waals surface area contributed by atoms with Crippen molar-refractivity contribution in [3.05, 3.63) is 35.7 Å². The second kappa shape index (κ2) is 5.56. The molecule has 0 spiro atoms. The summed E-state index contributed by atoms with van der Waals surface area (Å²) >= 11 is 0. The highest BCUT2D eigenvalue weighted by Gasteiger charge is 2.11. The van der Waals surface area contributed by atoms with Crippen LogP contribution in [0.1, 0.15) is 11.4 Å². The average molecular weight is 233 g/mol. The maximum Gasteiger partial charge on any atom is 0.258 e. The Morgan fingerprint density at radius 3 is 2.94 bits per heavy atom. The molecule has 2 N–H and O–H groups in total. The van der Waals surface area contributed by atoms with Gasteiger partial charge in [-0.15, -0.1) is 0 Å². The van der Waals surface area contributed by atoms with E-state index in [-0.39, 0.29) is 0 Å². The number of benzene rings is 1. The van der Waals surface area contributed by atoms with Gasteiger partial charge in [0.1, 0.15) is 6.61 Å². The molecule has 17 heavy (non-hydrogen) atoms. The Labute approximate surface area is 99.6 Å². The minimum absolute atomic E-state index is 0.350. The molecule has 0 saturated heterocycles. The lowest BCUT2D eigenvalue weighted by atomic mass is 10.0.